The molecule has 2 aromatic rings. The van der Waals surface area contributed by atoms with Crippen molar-refractivity contribution in [3.63, 3.8) is 0 Å². The van der Waals surface area contributed by atoms with Crippen LogP contribution < -0.4 is 0 Å². The van der Waals surface area contributed by atoms with E-state index in [4.69, 9.17) is 12.2 Å². The van der Waals surface area contributed by atoms with E-state index in [-0.39, 0.29) is 24.1 Å². The van der Waals surface area contributed by atoms with Crippen LogP contribution in [0.1, 0.15) is 5.56 Å². The number of hydrogen-bond donors (Lipinski definition) is 1. The van der Waals surface area contributed by atoms with E-state index in [9.17, 15) is 13.2 Å². The molecular formula is C10H10F3N3S2. The second-order valence-electron chi connectivity index (χ2n) is 3.76. The van der Waals surface area contributed by atoms with Crippen LogP contribution in [0, 0.1) is 11.7 Å². The zero-order chi connectivity index (χ0) is 13.3. The molecule has 1 N–H and O–H groups in total. The van der Waals surface area contributed by atoms with Crippen LogP contribution in [0.4, 0.5) is 13.2 Å². The monoisotopic (exact) mass is 293 g/mol. The van der Waals surface area contributed by atoms with Gasteiger partial charge in [-0.1, -0.05) is 0 Å². The highest BCUT2D eigenvalue weighted by Crippen LogP contribution is 2.30. The molecule has 0 aliphatic carbocycles. The van der Waals surface area contributed by atoms with Crippen LogP contribution >= 0.6 is 24.0 Å². The SMILES string of the molecule is Cc1cnc2c(c1)[nH]c(=S)n2CCSC(F)(F)F. The van der Waals surface area contributed by atoms with E-state index in [1.54, 1.807) is 10.8 Å². The standard InChI is InChI=1S/C10H10F3N3S2/c1-6-4-7-8(14-5-6)16(9(17)15-7)2-3-18-10(11,12)13/h4-5H,2-3H2,1H3,(H,15,17). The summed E-state index contributed by atoms with van der Waals surface area (Å²) in [6.07, 6.45) is 1.67. The minimum atomic E-state index is -4.21. The van der Waals surface area contributed by atoms with Crippen LogP contribution in [0.5, 0.6) is 0 Å². The number of nitrogens with zero attached hydrogens (tertiary/aromatic N) is 2. The van der Waals surface area contributed by atoms with Crippen molar-refractivity contribution < 1.29 is 13.2 Å². The molecule has 2 aromatic heterocycles. The van der Waals surface area contributed by atoms with Crippen molar-refractivity contribution in [3.8, 4) is 0 Å². The number of alkyl halides is 3. The predicted molar refractivity (Wildman–Crippen MR) is 68.2 cm³/mol. The molecule has 0 bridgehead atoms. The smallest absolute Gasteiger partial charge is 0.329 e. The van der Waals surface area contributed by atoms with Gasteiger partial charge in [-0.2, -0.15) is 13.2 Å². The van der Waals surface area contributed by atoms with E-state index in [0.29, 0.717) is 10.4 Å². The molecule has 0 aromatic carbocycles. The number of halogens is 3. The van der Waals surface area contributed by atoms with E-state index >= 15 is 0 Å². The Kier molecular flexibility index (Phi) is 3.67. The number of imidazole rings is 1. The van der Waals surface area contributed by atoms with Crippen LogP contribution in [-0.2, 0) is 6.54 Å². The summed E-state index contributed by atoms with van der Waals surface area (Å²) in [6.45, 7) is 2.07. The molecule has 0 spiro atoms. The first-order valence-electron chi connectivity index (χ1n) is 5.13. The lowest BCUT2D eigenvalue weighted by Crippen LogP contribution is -2.07. The lowest BCUT2D eigenvalue weighted by molar-refractivity contribution is -0.0328. The van der Waals surface area contributed by atoms with Crippen molar-refractivity contribution in [2.45, 2.75) is 19.0 Å². The Morgan fingerprint density at radius 1 is 1.50 bits per heavy atom. The summed E-state index contributed by atoms with van der Waals surface area (Å²) < 4.78 is 38.1. The van der Waals surface area contributed by atoms with Crippen molar-refractivity contribution in [2.75, 3.05) is 5.75 Å². The molecule has 0 aliphatic rings. The van der Waals surface area contributed by atoms with Crippen LogP contribution in [0.15, 0.2) is 12.3 Å². The molecule has 0 fully saturated rings. The minimum absolute atomic E-state index is 0.0566. The summed E-state index contributed by atoms with van der Waals surface area (Å²) >= 11 is 5.02. The fourth-order valence-corrected chi connectivity index (χ4v) is 2.40. The molecule has 0 unspecified atom stereocenters. The number of aromatic nitrogens is 3. The molecule has 0 saturated carbocycles. The van der Waals surface area contributed by atoms with Gasteiger partial charge in [-0.25, -0.2) is 4.98 Å². The number of aromatic amines is 1. The summed E-state index contributed by atoms with van der Waals surface area (Å²) in [5.74, 6) is -0.0830. The van der Waals surface area contributed by atoms with Gasteiger partial charge in [-0.3, -0.25) is 0 Å². The number of fused-ring (bicyclic) bond motifs is 1. The van der Waals surface area contributed by atoms with Crippen LogP contribution in [0.25, 0.3) is 11.2 Å². The summed E-state index contributed by atoms with van der Waals surface area (Å²) in [5, 5.41) is 0. The average Bonchev–Trinajstić information content (AvgIpc) is 2.52. The van der Waals surface area contributed by atoms with Crippen molar-refractivity contribution in [1.82, 2.24) is 14.5 Å². The highest BCUT2D eigenvalue weighted by molar-refractivity contribution is 8.00. The van der Waals surface area contributed by atoms with Gasteiger partial charge in [0.2, 0.25) is 0 Å². The maximum absolute atomic E-state index is 12.1. The van der Waals surface area contributed by atoms with Crippen molar-refractivity contribution >= 4 is 35.1 Å². The normalized spacial score (nSPS) is 12.2. The van der Waals surface area contributed by atoms with Gasteiger partial charge in [-0.15, -0.1) is 0 Å². The van der Waals surface area contributed by atoms with E-state index in [1.807, 2.05) is 13.0 Å². The van der Waals surface area contributed by atoms with Crippen molar-refractivity contribution in [2.24, 2.45) is 0 Å². The van der Waals surface area contributed by atoms with Gasteiger partial charge in [0.05, 0.1) is 5.52 Å². The minimum Gasteiger partial charge on any atom is -0.329 e. The number of pyridine rings is 1. The predicted octanol–water partition coefficient (Wildman–Crippen LogP) is 3.66. The Morgan fingerprint density at radius 3 is 2.89 bits per heavy atom. The topological polar surface area (TPSA) is 33.6 Å². The zero-order valence-corrected chi connectivity index (χ0v) is 11.0. The molecule has 0 atom stereocenters. The van der Waals surface area contributed by atoms with Gasteiger partial charge < -0.3 is 9.55 Å². The van der Waals surface area contributed by atoms with Crippen LogP contribution in [0.2, 0.25) is 0 Å². The Balaban J connectivity index is 2.23. The first-order chi connectivity index (χ1) is 8.37. The molecule has 2 rings (SSSR count). The number of H-pyrrole nitrogens is 1. The van der Waals surface area contributed by atoms with Crippen LogP contribution in [0.3, 0.4) is 0 Å². The summed E-state index contributed by atoms with van der Waals surface area (Å²) in [7, 11) is 0. The zero-order valence-electron chi connectivity index (χ0n) is 9.41. The van der Waals surface area contributed by atoms with Crippen molar-refractivity contribution in [1.29, 1.82) is 0 Å². The number of rotatable bonds is 3. The summed E-state index contributed by atoms with van der Waals surface area (Å²) in [5.41, 5.74) is -1.90. The first-order valence-corrected chi connectivity index (χ1v) is 6.52. The lowest BCUT2D eigenvalue weighted by Gasteiger charge is -2.06. The second-order valence-corrected chi connectivity index (χ2v) is 5.31. The van der Waals surface area contributed by atoms with Gasteiger partial charge in [-0.05, 0) is 42.5 Å². The van der Waals surface area contributed by atoms with Gasteiger partial charge in [0.25, 0.3) is 0 Å². The van der Waals surface area contributed by atoms with E-state index in [1.165, 1.54) is 0 Å². The Bertz CT molecular complexity index is 615. The molecule has 18 heavy (non-hydrogen) atoms. The molecule has 0 aliphatic heterocycles. The Labute approximate surface area is 110 Å². The largest absolute Gasteiger partial charge is 0.441 e. The average molecular weight is 293 g/mol. The molecule has 0 amide bonds. The molecule has 0 saturated heterocycles. The van der Waals surface area contributed by atoms with E-state index in [0.717, 1.165) is 11.1 Å². The maximum Gasteiger partial charge on any atom is 0.441 e. The third kappa shape index (κ3) is 3.05. The number of nitrogens with one attached hydrogen (secondary N) is 1. The molecule has 3 nitrogen and oxygen atoms in total. The van der Waals surface area contributed by atoms with Gasteiger partial charge >= 0.3 is 5.51 Å². The molecule has 0 radical (unpaired) electrons. The molecular weight excluding hydrogens is 283 g/mol. The molecule has 2 heterocycles. The number of hydrogen-bond acceptors (Lipinski definition) is 3. The quantitative estimate of drug-likeness (QED) is 0.877. The van der Waals surface area contributed by atoms with Gasteiger partial charge in [0.15, 0.2) is 10.4 Å². The highest BCUT2D eigenvalue weighted by atomic mass is 32.2. The summed E-state index contributed by atoms with van der Waals surface area (Å²) in [4.78, 5) is 7.13. The fourth-order valence-electron chi connectivity index (χ4n) is 1.61. The molecule has 8 heteroatoms. The number of thioether (sulfide) groups is 1. The van der Waals surface area contributed by atoms with E-state index < -0.39 is 5.51 Å². The van der Waals surface area contributed by atoms with Crippen LogP contribution in [-0.4, -0.2) is 25.8 Å². The number of aryl methyl sites for hydroxylation is 2. The Hall–Kier alpha value is -1.02. The fraction of sp³-hybridized carbons (Fsp3) is 0.400. The second kappa shape index (κ2) is 4.93. The first kappa shape index (κ1) is 13.4. The summed E-state index contributed by atoms with van der Waals surface area (Å²) in [6, 6.07) is 1.87. The third-order valence-corrected chi connectivity index (χ3v) is 3.36. The maximum atomic E-state index is 12.1. The Morgan fingerprint density at radius 2 is 2.22 bits per heavy atom. The van der Waals surface area contributed by atoms with Crippen molar-refractivity contribution in [3.05, 3.63) is 22.6 Å². The van der Waals surface area contributed by atoms with E-state index in [2.05, 4.69) is 9.97 Å². The molecule has 98 valence electrons. The third-order valence-electron chi connectivity index (χ3n) is 2.33. The van der Waals surface area contributed by atoms with Gasteiger partial charge in [0, 0.05) is 18.5 Å². The van der Waals surface area contributed by atoms with Gasteiger partial charge in [0.1, 0.15) is 0 Å². The highest BCUT2D eigenvalue weighted by Gasteiger charge is 2.27. The lowest BCUT2D eigenvalue weighted by atomic mass is 10.3.